The lowest BCUT2D eigenvalue weighted by atomic mass is 10.0. The van der Waals surface area contributed by atoms with Gasteiger partial charge in [0.15, 0.2) is 5.82 Å². The van der Waals surface area contributed by atoms with Crippen molar-refractivity contribution in [2.45, 2.75) is 45.6 Å². The molecule has 3 aromatic rings. The summed E-state index contributed by atoms with van der Waals surface area (Å²) in [6, 6.07) is 10.7. The van der Waals surface area contributed by atoms with Gasteiger partial charge in [-0.1, -0.05) is 35.5 Å². The molecule has 0 amide bonds. The molecule has 0 atom stereocenters. The average Bonchev–Trinajstić information content (AvgIpc) is 3.25. The smallest absolute Gasteiger partial charge is 0.181 e. The SMILES string of the molecule is Cc1noc(C)c1CCc1nc(-c2ccccc2)nn1C1CCN(C)CC1. The van der Waals surface area contributed by atoms with Gasteiger partial charge in [-0.2, -0.15) is 5.10 Å². The van der Waals surface area contributed by atoms with Crippen molar-refractivity contribution in [3.63, 3.8) is 0 Å². The van der Waals surface area contributed by atoms with Crippen molar-refractivity contribution in [1.29, 1.82) is 0 Å². The summed E-state index contributed by atoms with van der Waals surface area (Å²) in [5.74, 6) is 2.79. The van der Waals surface area contributed by atoms with Gasteiger partial charge in [0.2, 0.25) is 0 Å². The van der Waals surface area contributed by atoms with Crippen LogP contribution in [0.5, 0.6) is 0 Å². The molecule has 0 aliphatic carbocycles. The Balaban J connectivity index is 1.62. The predicted octanol–water partition coefficient (Wildman–Crippen LogP) is 3.60. The van der Waals surface area contributed by atoms with Crippen LogP contribution in [0.25, 0.3) is 11.4 Å². The number of hydrogen-bond donors (Lipinski definition) is 0. The molecule has 0 saturated carbocycles. The third-order valence-corrected chi connectivity index (χ3v) is 5.55. The number of rotatable bonds is 5. The Bertz CT molecular complexity index is 871. The molecule has 2 aromatic heterocycles. The molecule has 6 nitrogen and oxygen atoms in total. The van der Waals surface area contributed by atoms with Gasteiger partial charge in [0.05, 0.1) is 11.7 Å². The highest BCUT2D eigenvalue weighted by Crippen LogP contribution is 2.26. The first-order valence-corrected chi connectivity index (χ1v) is 9.73. The molecule has 1 aliphatic rings. The molecule has 0 N–H and O–H groups in total. The van der Waals surface area contributed by atoms with E-state index in [0.29, 0.717) is 6.04 Å². The average molecular weight is 365 g/mol. The Morgan fingerprint density at radius 3 is 2.48 bits per heavy atom. The molecule has 6 heteroatoms. The minimum atomic E-state index is 0.422. The van der Waals surface area contributed by atoms with Gasteiger partial charge < -0.3 is 9.42 Å². The third-order valence-electron chi connectivity index (χ3n) is 5.55. The van der Waals surface area contributed by atoms with E-state index in [1.807, 2.05) is 32.0 Å². The highest BCUT2D eigenvalue weighted by Gasteiger charge is 2.23. The second-order valence-electron chi connectivity index (χ2n) is 7.50. The summed E-state index contributed by atoms with van der Waals surface area (Å²) >= 11 is 0. The van der Waals surface area contributed by atoms with Crippen molar-refractivity contribution in [2.75, 3.05) is 20.1 Å². The highest BCUT2D eigenvalue weighted by atomic mass is 16.5. The number of aromatic nitrogens is 4. The minimum absolute atomic E-state index is 0.422. The Morgan fingerprint density at radius 2 is 1.81 bits per heavy atom. The largest absolute Gasteiger partial charge is 0.361 e. The van der Waals surface area contributed by atoms with E-state index in [-0.39, 0.29) is 0 Å². The number of nitrogens with zero attached hydrogens (tertiary/aromatic N) is 5. The first-order chi connectivity index (χ1) is 13.1. The number of piperidine rings is 1. The van der Waals surface area contributed by atoms with Crippen LogP contribution in [0, 0.1) is 13.8 Å². The van der Waals surface area contributed by atoms with Crippen molar-refractivity contribution in [3.8, 4) is 11.4 Å². The molecule has 27 heavy (non-hydrogen) atoms. The van der Waals surface area contributed by atoms with E-state index in [1.54, 1.807) is 0 Å². The topological polar surface area (TPSA) is 60.0 Å². The molecule has 0 unspecified atom stereocenters. The summed E-state index contributed by atoms with van der Waals surface area (Å²) in [6.07, 6.45) is 3.95. The fourth-order valence-corrected chi connectivity index (χ4v) is 3.86. The van der Waals surface area contributed by atoms with Crippen LogP contribution >= 0.6 is 0 Å². The molecule has 0 bridgehead atoms. The van der Waals surface area contributed by atoms with Crippen molar-refractivity contribution in [1.82, 2.24) is 24.8 Å². The Kier molecular flexibility index (Phi) is 5.07. The molecule has 1 fully saturated rings. The van der Waals surface area contributed by atoms with Gasteiger partial charge in [-0.3, -0.25) is 0 Å². The standard InChI is InChI=1S/C21H27N5O/c1-15-19(16(2)27-24-15)9-10-20-22-21(17-7-5-4-6-8-17)23-26(20)18-11-13-25(3)14-12-18/h4-8,18H,9-14H2,1-3H3. The van der Waals surface area contributed by atoms with E-state index in [2.05, 4.69) is 33.9 Å². The fourth-order valence-electron chi connectivity index (χ4n) is 3.86. The van der Waals surface area contributed by atoms with Crippen LogP contribution in [0.15, 0.2) is 34.9 Å². The van der Waals surface area contributed by atoms with Crippen molar-refractivity contribution in [3.05, 3.63) is 53.2 Å². The van der Waals surface area contributed by atoms with Gasteiger partial charge in [0, 0.05) is 17.5 Å². The summed E-state index contributed by atoms with van der Waals surface area (Å²) in [4.78, 5) is 7.30. The van der Waals surface area contributed by atoms with Gasteiger partial charge in [0.1, 0.15) is 11.6 Å². The normalized spacial score (nSPS) is 16.1. The monoisotopic (exact) mass is 365 g/mol. The molecule has 4 rings (SSSR count). The summed E-state index contributed by atoms with van der Waals surface area (Å²) in [6.45, 7) is 6.19. The minimum Gasteiger partial charge on any atom is -0.361 e. The molecular formula is C21H27N5O. The van der Waals surface area contributed by atoms with Crippen LogP contribution < -0.4 is 0 Å². The summed E-state index contributed by atoms with van der Waals surface area (Å²) < 4.78 is 7.51. The number of aryl methyl sites for hydroxylation is 3. The molecule has 1 saturated heterocycles. The number of benzene rings is 1. The predicted molar refractivity (Wildman–Crippen MR) is 105 cm³/mol. The van der Waals surface area contributed by atoms with Gasteiger partial charge >= 0.3 is 0 Å². The van der Waals surface area contributed by atoms with E-state index in [9.17, 15) is 0 Å². The van der Waals surface area contributed by atoms with Crippen LogP contribution in [0.4, 0.5) is 0 Å². The summed E-state index contributed by atoms with van der Waals surface area (Å²) in [5.41, 5.74) is 3.23. The van der Waals surface area contributed by atoms with Crippen LogP contribution in [-0.4, -0.2) is 45.0 Å². The number of likely N-dealkylation sites (tertiary alicyclic amines) is 1. The van der Waals surface area contributed by atoms with E-state index < -0.39 is 0 Å². The summed E-state index contributed by atoms with van der Waals surface area (Å²) in [7, 11) is 2.19. The molecule has 3 heterocycles. The van der Waals surface area contributed by atoms with E-state index in [0.717, 1.165) is 67.4 Å². The fraction of sp³-hybridized carbons (Fsp3) is 0.476. The highest BCUT2D eigenvalue weighted by molar-refractivity contribution is 5.54. The van der Waals surface area contributed by atoms with Gasteiger partial charge in [-0.15, -0.1) is 0 Å². The van der Waals surface area contributed by atoms with Crippen molar-refractivity contribution >= 4 is 0 Å². The van der Waals surface area contributed by atoms with Gasteiger partial charge in [0.25, 0.3) is 0 Å². The summed E-state index contributed by atoms with van der Waals surface area (Å²) in [5, 5.41) is 9.00. The van der Waals surface area contributed by atoms with Crippen LogP contribution in [0.1, 0.15) is 41.7 Å². The lowest BCUT2D eigenvalue weighted by Gasteiger charge is -2.29. The molecule has 0 spiro atoms. The second kappa shape index (κ2) is 7.64. The van der Waals surface area contributed by atoms with E-state index in [1.165, 1.54) is 5.56 Å². The van der Waals surface area contributed by atoms with Crippen LogP contribution in [0.3, 0.4) is 0 Å². The Labute approximate surface area is 160 Å². The molecular weight excluding hydrogens is 338 g/mol. The molecule has 0 radical (unpaired) electrons. The van der Waals surface area contributed by atoms with Crippen molar-refractivity contribution in [2.24, 2.45) is 0 Å². The number of hydrogen-bond acceptors (Lipinski definition) is 5. The lowest BCUT2D eigenvalue weighted by molar-refractivity contribution is 0.209. The molecule has 142 valence electrons. The zero-order valence-corrected chi connectivity index (χ0v) is 16.4. The van der Waals surface area contributed by atoms with Crippen LogP contribution in [-0.2, 0) is 12.8 Å². The van der Waals surface area contributed by atoms with Crippen LogP contribution in [0.2, 0.25) is 0 Å². The van der Waals surface area contributed by atoms with Crippen molar-refractivity contribution < 1.29 is 4.52 Å². The van der Waals surface area contributed by atoms with Gasteiger partial charge in [-0.25, -0.2) is 9.67 Å². The maximum Gasteiger partial charge on any atom is 0.181 e. The zero-order chi connectivity index (χ0) is 18.8. The first-order valence-electron chi connectivity index (χ1n) is 9.73. The zero-order valence-electron chi connectivity index (χ0n) is 16.4. The van der Waals surface area contributed by atoms with Gasteiger partial charge in [-0.05, 0) is 53.2 Å². The quantitative estimate of drug-likeness (QED) is 0.691. The van der Waals surface area contributed by atoms with E-state index in [4.69, 9.17) is 14.6 Å². The second-order valence-corrected chi connectivity index (χ2v) is 7.50. The molecule has 1 aliphatic heterocycles. The lowest BCUT2D eigenvalue weighted by Crippen LogP contribution is -2.32. The Hall–Kier alpha value is -2.47. The Morgan fingerprint density at radius 1 is 1.07 bits per heavy atom. The maximum atomic E-state index is 5.32. The molecule has 1 aromatic carbocycles. The first kappa shape index (κ1) is 17.9. The maximum absolute atomic E-state index is 5.32. The third kappa shape index (κ3) is 3.81. The van der Waals surface area contributed by atoms with E-state index >= 15 is 0 Å².